The van der Waals surface area contributed by atoms with Crippen molar-refractivity contribution in [3.8, 4) is 5.75 Å². The van der Waals surface area contributed by atoms with Crippen molar-refractivity contribution in [2.45, 2.75) is 26.4 Å². The molecule has 0 bridgehead atoms. The Morgan fingerprint density at radius 3 is 2.88 bits per heavy atom. The number of benzene rings is 1. The van der Waals surface area contributed by atoms with Crippen molar-refractivity contribution in [2.24, 2.45) is 0 Å². The van der Waals surface area contributed by atoms with Crippen LogP contribution in [0, 0.1) is 0 Å². The first-order valence-electron chi connectivity index (χ1n) is 5.83. The Hall–Kier alpha value is -0.190. The maximum Gasteiger partial charge on any atom is 0.125 e. The minimum Gasteiger partial charge on any atom is -0.493 e. The first kappa shape index (κ1) is 14.9. The highest BCUT2D eigenvalue weighted by atomic mass is 79.9. The molecule has 0 saturated carbocycles. The van der Waals surface area contributed by atoms with Crippen LogP contribution in [0.5, 0.6) is 5.75 Å². The van der Waals surface area contributed by atoms with E-state index in [1.807, 2.05) is 30.0 Å². The van der Waals surface area contributed by atoms with Crippen molar-refractivity contribution in [1.29, 1.82) is 0 Å². The average Bonchev–Trinajstić information content (AvgIpc) is 2.30. The molecular formula is C13H19BrO2S. The summed E-state index contributed by atoms with van der Waals surface area (Å²) in [7, 11) is 0. The summed E-state index contributed by atoms with van der Waals surface area (Å²) in [5, 5.41) is 9.66. The van der Waals surface area contributed by atoms with Gasteiger partial charge in [-0.2, -0.15) is 11.8 Å². The second-order valence-corrected chi connectivity index (χ2v) is 6.07. The Labute approximate surface area is 116 Å². The monoisotopic (exact) mass is 318 g/mol. The number of hydrogen-bond acceptors (Lipinski definition) is 3. The minimum absolute atomic E-state index is 0.507. The molecule has 1 atom stereocenters. The molecule has 96 valence electrons. The Kier molecular flexibility index (Phi) is 7.00. The van der Waals surface area contributed by atoms with Crippen LogP contribution in [0.15, 0.2) is 22.7 Å². The maximum absolute atomic E-state index is 9.66. The molecule has 0 spiro atoms. The van der Waals surface area contributed by atoms with Crippen LogP contribution in [0.2, 0.25) is 0 Å². The van der Waals surface area contributed by atoms with E-state index in [0.717, 1.165) is 33.7 Å². The van der Waals surface area contributed by atoms with Crippen molar-refractivity contribution in [3.05, 3.63) is 28.2 Å². The fourth-order valence-corrected chi connectivity index (χ4v) is 2.45. The van der Waals surface area contributed by atoms with Gasteiger partial charge in [0.1, 0.15) is 5.75 Å². The van der Waals surface area contributed by atoms with Crippen LogP contribution in [-0.2, 0) is 0 Å². The Balaban J connectivity index is 2.52. The van der Waals surface area contributed by atoms with E-state index in [2.05, 4.69) is 22.9 Å². The van der Waals surface area contributed by atoms with Crippen molar-refractivity contribution >= 4 is 27.7 Å². The van der Waals surface area contributed by atoms with Crippen molar-refractivity contribution in [1.82, 2.24) is 0 Å². The summed E-state index contributed by atoms with van der Waals surface area (Å²) in [6, 6.07) is 5.74. The third kappa shape index (κ3) is 5.32. The smallest absolute Gasteiger partial charge is 0.125 e. The van der Waals surface area contributed by atoms with Crippen molar-refractivity contribution in [3.63, 3.8) is 0 Å². The second-order valence-electron chi connectivity index (χ2n) is 3.76. The third-order valence-electron chi connectivity index (χ3n) is 2.32. The van der Waals surface area contributed by atoms with Gasteiger partial charge in [0, 0.05) is 10.0 Å². The molecular weight excluding hydrogens is 300 g/mol. The number of aliphatic hydroxyl groups is 1. The fraction of sp³-hybridized carbons (Fsp3) is 0.538. The van der Waals surface area contributed by atoms with E-state index in [1.165, 1.54) is 0 Å². The van der Waals surface area contributed by atoms with Gasteiger partial charge in [-0.05, 0) is 43.0 Å². The zero-order valence-electron chi connectivity index (χ0n) is 10.3. The van der Waals surface area contributed by atoms with E-state index in [9.17, 15) is 5.11 Å². The highest BCUT2D eigenvalue weighted by molar-refractivity contribution is 9.10. The van der Waals surface area contributed by atoms with Gasteiger partial charge in [-0.3, -0.25) is 0 Å². The molecule has 1 unspecified atom stereocenters. The number of rotatable bonds is 7. The van der Waals surface area contributed by atoms with Crippen LogP contribution in [0.1, 0.15) is 31.9 Å². The molecule has 0 saturated heterocycles. The van der Waals surface area contributed by atoms with Gasteiger partial charge in [-0.1, -0.05) is 22.9 Å². The Bertz CT molecular complexity index is 342. The topological polar surface area (TPSA) is 29.5 Å². The summed E-state index contributed by atoms with van der Waals surface area (Å²) in [4.78, 5) is 0. The number of hydrogen-bond donors (Lipinski definition) is 1. The molecule has 17 heavy (non-hydrogen) atoms. The molecule has 0 aliphatic rings. The zero-order chi connectivity index (χ0) is 12.7. The van der Waals surface area contributed by atoms with E-state index < -0.39 is 6.10 Å². The van der Waals surface area contributed by atoms with Gasteiger partial charge in [0.15, 0.2) is 0 Å². The molecule has 0 aliphatic heterocycles. The van der Waals surface area contributed by atoms with Crippen LogP contribution in [-0.4, -0.2) is 23.2 Å². The number of ether oxygens (including phenoxy) is 1. The van der Waals surface area contributed by atoms with E-state index >= 15 is 0 Å². The van der Waals surface area contributed by atoms with E-state index in [1.54, 1.807) is 6.92 Å². The van der Waals surface area contributed by atoms with Crippen LogP contribution >= 0.6 is 27.7 Å². The maximum atomic E-state index is 9.66. The fourth-order valence-electron chi connectivity index (χ4n) is 1.46. The average molecular weight is 319 g/mol. The van der Waals surface area contributed by atoms with Crippen LogP contribution in [0.3, 0.4) is 0 Å². The molecule has 1 aromatic rings. The number of halogens is 1. The molecule has 2 nitrogen and oxygen atoms in total. The normalized spacial score (nSPS) is 12.5. The van der Waals surface area contributed by atoms with Crippen molar-refractivity contribution < 1.29 is 9.84 Å². The van der Waals surface area contributed by atoms with Gasteiger partial charge in [-0.15, -0.1) is 0 Å². The first-order chi connectivity index (χ1) is 8.15. The molecule has 1 rings (SSSR count). The van der Waals surface area contributed by atoms with Crippen LogP contribution in [0.25, 0.3) is 0 Å². The molecule has 4 heteroatoms. The van der Waals surface area contributed by atoms with Crippen molar-refractivity contribution in [2.75, 3.05) is 18.1 Å². The molecule has 0 amide bonds. The standard InChI is InChI=1S/C13H19BrO2S/c1-3-17-8-4-7-16-13-6-5-11(14)9-12(13)10(2)15/h5-6,9-10,15H,3-4,7-8H2,1-2H3. The largest absolute Gasteiger partial charge is 0.493 e. The Morgan fingerprint density at radius 1 is 1.47 bits per heavy atom. The zero-order valence-corrected chi connectivity index (χ0v) is 12.7. The van der Waals surface area contributed by atoms with E-state index in [4.69, 9.17) is 4.74 Å². The molecule has 0 fully saturated rings. The quantitative estimate of drug-likeness (QED) is 0.770. The summed E-state index contributed by atoms with van der Waals surface area (Å²) >= 11 is 5.32. The molecule has 0 heterocycles. The highest BCUT2D eigenvalue weighted by Gasteiger charge is 2.09. The van der Waals surface area contributed by atoms with Gasteiger partial charge in [0.25, 0.3) is 0 Å². The number of aliphatic hydroxyl groups excluding tert-OH is 1. The first-order valence-corrected chi connectivity index (χ1v) is 7.78. The van der Waals surface area contributed by atoms with Crippen LogP contribution in [0.4, 0.5) is 0 Å². The van der Waals surface area contributed by atoms with Gasteiger partial charge >= 0.3 is 0 Å². The SMILES string of the molecule is CCSCCCOc1ccc(Br)cc1C(C)O. The highest BCUT2D eigenvalue weighted by Crippen LogP contribution is 2.28. The molecule has 1 N–H and O–H groups in total. The lowest BCUT2D eigenvalue weighted by Crippen LogP contribution is -2.03. The lowest BCUT2D eigenvalue weighted by molar-refractivity contribution is 0.191. The van der Waals surface area contributed by atoms with Crippen LogP contribution < -0.4 is 4.74 Å². The number of thioether (sulfide) groups is 1. The summed E-state index contributed by atoms with van der Waals surface area (Å²) in [5.41, 5.74) is 0.836. The van der Waals surface area contributed by atoms with Gasteiger partial charge in [0.05, 0.1) is 12.7 Å². The minimum atomic E-state index is -0.507. The summed E-state index contributed by atoms with van der Waals surface area (Å²) in [6.45, 7) is 4.61. The van der Waals surface area contributed by atoms with Gasteiger partial charge < -0.3 is 9.84 Å². The summed E-state index contributed by atoms with van der Waals surface area (Å²) in [5.74, 6) is 3.05. The lowest BCUT2D eigenvalue weighted by Gasteiger charge is -2.13. The van der Waals surface area contributed by atoms with E-state index in [0.29, 0.717) is 6.61 Å². The molecule has 1 aromatic carbocycles. The van der Waals surface area contributed by atoms with E-state index in [-0.39, 0.29) is 0 Å². The summed E-state index contributed by atoms with van der Waals surface area (Å²) < 4.78 is 6.67. The third-order valence-corrected chi connectivity index (χ3v) is 3.80. The Morgan fingerprint density at radius 2 is 2.24 bits per heavy atom. The molecule has 0 aliphatic carbocycles. The predicted octanol–water partition coefficient (Wildman–Crippen LogP) is 4.02. The second kappa shape index (κ2) is 8.01. The predicted molar refractivity (Wildman–Crippen MR) is 77.9 cm³/mol. The summed E-state index contributed by atoms with van der Waals surface area (Å²) in [6.07, 6.45) is 0.529. The van der Waals surface area contributed by atoms with Gasteiger partial charge in [0.2, 0.25) is 0 Å². The molecule has 0 aromatic heterocycles. The lowest BCUT2D eigenvalue weighted by atomic mass is 10.1. The molecule has 0 radical (unpaired) electrons. The van der Waals surface area contributed by atoms with Gasteiger partial charge in [-0.25, -0.2) is 0 Å².